The lowest BCUT2D eigenvalue weighted by molar-refractivity contribution is -0.149. The van der Waals surface area contributed by atoms with Gasteiger partial charge in [-0.1, -0.05) is 11.6 Å². The molecule has 1 atom stereocenters. The highest BCUT2D eigenvalue weighted by molar-refractivity contribution is 6.32. The van der Waals surface area contributed by atoms with Gasteiger partial charge in [-0.2, -0.15) is 17.6 Å². The maximum Gasteiger partial charge on any atom is 0.410 e. The summed E-state index contributed by atoms with van der Waals surface area (Å²) in [6, 6.07) is 0.502. The largest absolute Gasteiger partial charge is 0.410 e. The van der Waals surface area contributed by atoms with E-state index in [0.29, 0.717) is 0 Å². The van der Waals surface area contributed by atoms with Gasteiger partial charge in [0.1, 0.15) is 16.9 Å². The summed E-state index contributed by atoms with van der Waals surface area (Å²) in [5.74, 6) is -1.20. The van der Waals surface area contributed by atoms with Crippen LogP contribution in [0.4, 0.5) is 23.4 Å². The number of piperazine rings is 1. The van der Waals surface area contributed by atoms with E-state index in [0.717, 1.165) is 17.2 Å². The molecule has 0 spiro atoms. The van der Waals surface area contributed by atoms with Gasteiger partial charge in [0.15, 0.2) is 5.82 Å². The quantitative estimate of drug-likeness (QED) is 0.584. The van der Waals surface area contributed by atoms with Gasteiger partial charge in [-0.25, -0.2) is 9.97 Å². The second kappa shape index (κ2) is 7.77. The molecule has 0 aliphatic carbocycles. The molecule has 1 aliphatic rings. The molecule has 26 heavy (non-hydrogen) atoms. The number of aromatic nitrogens is 3. The van der Waals surface area contributed by atoms with Crippen molar-refractivity contribution in [2.45, 2.75) is 12.2 Å². The Kier molecular flexibility index (Phi) is 6.09. The van der Waals surface area contributed by atoms with E-state index < -0.39 is 28.7 Å². The minimum atomic E-state index is -4.54. The van der Waals surface area contributed by atoms with Crippen molar-refractivity contribution in [1.82, 2.24) is 20.3 Å². The average Bonchev–Trinajstić information content (AvgIpc) is 2.56. The number of anilines is 1. The predicted octanol–water partition coefficient (Wildman–Crippen LogP) is 2.39. The van der Waals surface area contributed by atoms with Crippen molar-refractivity contribution in [2.75, 3.05) is 24.5 Å². The van der Waals surface area contributed by atoms with Crippen LogP contribution in [0, 0.1) is 5.95 Å². The van der Waals surface area contributed by atoms with E-state index in [-0.39, 0.29) is 49.2 Å². The summed E-state index contributed by atoms with van der Waals surface area (Å²) in [5, 5.41) is 2.20. The number of nitrogens with zero attached hydrogens (tertiary/aromatic N) is 3. The third-order valence-electron chi connectivity index (χ3n) is 3.74. The fourth-order valence-corrected chi connectivity index (χ4v) is 2.77. The molecular weight excluding hydrogens is 401 g/mol. The Morgan fingerprint density at radius 1 is 1.35 bits per heavy atom. The van der Waals surface area contributed by atoms with Crippen molar-refractivity contribution in [3.63, 3.8) is 0 Å². The summed E-state index contributed by atoms with van der Waals surface area (Å²) >= 11 is 5.91. The van der Waals surface area contributed by atoms with Crippen LogP contribution in [0.25, 0.3) is 11.4 Å². The van der Waals surface area contributed by atoms with Crippen LogP contribution >= 0.6 is 24.0 Å². The van der Waals surface area contributed by atoms with Crippen molar-refractivity contribution in [3.8, 4) is 11.4 Å². The van der Waals surface area contributed by atoms with Gasteiger partial charge in [-0.15, -0.1) is 12.4 Å². The maximum atomic E-state index is 13.3. The second-order valence-electron chi connectivity index (χ2n) is 5.37. The van der Waals surface area contributed by atoms with Gasteiger partial charge in [-0.3, -0.25) is 4.79 Å². The number of alkyl halides is 3. The average molecular weight is 414 g/mol. The van der Waals surface area contributed by atoms with Crippen molar-refractivity contribution < 1.29 is 17.6 Å². The molecule has 142 valence electrons. The molecule has 0 amide bonds. The van der Waals surface area contributed by atoms with Gasteiger partial charge in [0.25, 0.3) is 5.56 Å². The molecule has 1 aliphatic heterocycles. The molecular formula is C14H13Cl2F4N5O. The Bertz CT molecular complexity index is 845. The highest BCUT2D eigenvalue weighted by atomic mass is 35.5. The summed E-state index contributed by atoms with van der Waals surface area (Å²) in [5.41, 5.74) is -0.639. The lowest BCUT2D eigenvalue weighted by Gasteiger charge is -2.38. The van der Waals surface area contributed by atoms with Crippen molar-refractivity contribution in [1.29, 1.82) is 0 Å². The Balaban J connectivity index is 0.00000243. The molecule has 3 rings (SSSR count). The highest BCUT2D eigenvalue weighted by Gasteiger charge is 2.46. The molecule has 1 fully saturated rings. The van der Waals surface area contributed by atoms with Gasteiger partial charge >= 0.3 is 6.18 Å². The first-order valence-electron chi connectivity index (χ1n) is 7.23. The topological polar surface area (TPSA) is 73.9 Å². The van der Waals surface area contributed by atoms with E-state index in [1.165, 1.54) is 6.07 Å². The van der Waals surface area contributed by atoms with Crippen LogP contribution in [0.3, 0.4) is 0 Å². The van der Waals surface area contributed by atoms with E-state index in [1.807, 2.05) is 0 Å². The standard InChI is InChI=1S/C14H12ClF4N5O.ClH/c15-10-12(24-4-3-20-6-8(24)14(17,18)19)22-11(23-13(10)25)7-1-2-21-9(16)5-7;/h1-2,5,8,20H,3-4,6H2,(H,22,23,25);1H. The van der Waals surface area contributed by atoms with E-state index in [4.69, 9.17) is 11.6 Å². The minimum Gasteiger partial charge on any atom is -0.341 e. The Morgan fingerprint density at radius 2 is 2.08 bits per heavy atom. The van der Waals surface area contributed by atoms with Gasteiger partial charge in [0, 0.05) is 37.5 Å². The zero-order valence-corrected chi connectivity index (χ0v) is 14.6. The summed E-state index contributed by atoms with van der Waals surface area (Å²) in [7, 11) is 0. The number of rotatable bonds is 2. The first-order valence-corrected chi connectivity index (χ1v) is 7.61. The van der Waals surface area contributed by atoms with Crippen LogP contribution in [0.2, 0.25) is 5.02 Å². The van der Waals surface area contributed by atoms with Crippen molar-refractivity contribution >= 4 is 29.8 Å². The fraction of sp³-hybridized carbons (Fsp3) is 0.357. The Labute approximate surface area is 156 Å². The first kappa shape index (κ1) is 20.4. The van der Waals surface area contributed by atoms with E-state index in [2.05, 4.69) is 20.3 Å². The monoisotopic (exact) mass is 413 g/mol. The molecule has 1 unspecified atom stereocenters. The number of H-pyrrole nitrogens is 1. The van der Waals surface area contributed by atoms with E-state index >= 15 is 0 Å². The maximum absolute atomic E-state index is 13.3. The Morgan fingerprint density at radius 3 is 2.73 bits per heavy atom. The van der Waals surface area contributed by atoms with Crippen molar-refractivity contribution in [3.05, 3.63) is 39.7 Å². The highest BCUT2D eigenvalue weighted by Crippen LogP contribution is 2.32. The Hall–Kier alpha value is -1.91. The third-order valence-corrected chi connectivity index (χ3v) is 4.08. The number of nitrogens with one attached hydrogen (secondary N) is 2. The zero-order valence-electron chi connectivity index (χ0n) is 13.0. The van der Waals surface area contributed by atoms with E-state index in [9.17, 15) is 22.4 Å². The molecule has 0 radical (unpaired) electrons. The predicted molar refractivity (Wildman–Crippen MR) is 90.4 cm³/mol. The summed E-state index contributed by atoms with van der Waals surface area (Å²) in [6.45, 7) is -0.116. The third kappa shape index (κ3) is 4.08. The molecule has 2 aromatic heterocycles. The van der Waals surface area contributed by atoms with Gasteiger partial charge in [0.2, 0.25) is 5.95 Å². The minimum absolute atomic E-state index is 0. The molecule has 2 N–H and O–H groups in total. The molecule has 2 aromatic rings. The van der Waals surface area contributed by atoms with E-state index in [1.54, 1.807) is 0 Å². The molecule has 12 heteroatoms. The fourth-order valence-electron chi connectivity index (χ4n) is 2.57. The molecule has 6 nitrogen and oxygen atoms in total. The summed E-state index contributed by atoms with van der Waals surface area (Å²) in [6.07, 6.45) is -3.38. The van der Waals surface area contributed by atoms with Crippen LogP contribution < -0.4 is 15.8 Å². The number of pyridine rings is 1. The van der Waals surface area contributed by atoms with Crippen LogP contribution in [-0.4, -0.2) is 46.8 Å². The molecule has 1 saturated heterocycles. The number of aromatic amines is 1. The van der Waals surface area contributed by atoms with Crippen LogP contribution in [0.15, 0.2) is 23.1 Å². The van der Waals surface area contributed by atoms with Gasteiger partial charge in [-0.05, 0) is 6.07 Å². The summed E-state index contributed by atoms with van der Waals surface area (Å²) < 4.78 is 53.1. The van der Waals surface area contributed by atoms with Crippen molar-refractivity contribution in [2.24, 2.45) is 0 Å². The van der Waals surface area contributed by atoms with Gasteiger partial charge < -0.3 is 15.2 Å². The molecule has 3 heterocycles. The normalized spacial score (nSPS) is 17.7. The number of hydrogen-bond acceptors (Lipinski definition) is 5. The second-order valence-corrected chi connectivity index (χ2v) is 5.75. The lowest BCUT2D eigenvalue weighted by Crippen LogP contribution is -2.58. The summed E-state index contributed by atoms with van der Waals surface area (Å²) in [4.78, 5) is 22.8. The molecule has 0 bridgehead atoms. The van der Waals surface area contributed by atoms with Crippen LogP contribution in [0.5, 0.6) is 0 Å². The first-order chi connectivity index (χ1) is 11.8. The van der Waals surface area contributed by atoms with Gasteiger partial charge in [0.05, 0.1) is 0 Å². The smallest absolute Gasteiger partial charge is 0.341 e. The lowest BCUT2D eigenvalue weighted by atomic mass is 10.2. The number of hydrogen-bond donors (Lipinski definition) is 2. The SMILES string of the molecule is Cl.O=c1[nH]c(-c2ccnc(F)c2)nc(N2CCNCC2C(F)(F)F)c1Cl. The molecule has 0 aromatic carbocycles. The number of halogens is 6. The molecule has 0 saturated carbocycles. The van der Waals surface area contributed by atoms with Crippen LogP contribution in [0.1, 0.15) is 0 Å². The zero-order chi connectivity index (χ0) is 18.2. The van der Waals surface area contributed by atoms with Crippen LogP contribution in [-0.2, 0) is 0 Å².